The van der Waals surface area contributed by atoms with E-state index < -0.39 is 17.6 Å². The fourth-order valence-corrected chi connectivity index (χ4v) is 1.98. The van der Waals surface area contributed by atoms with Gasteiger partial charge in [0, 0.05) is 15.8 Å². The first-order valence-corrected chi connectivity index (χ1v) is 7.79. The number of benzene rings is 1. The van der Waals surface area contributed by atoms with Crippen LogP contribution in [0.5, 0.6) is 0 Å². The van der Waals surface area contributed by atoms with Gasteiger partial charge in [0.25, 0.3) is 5.91 Å². The number of halogens is 4. The number of amides is 1. The first kappa shape index (κ1) is 17.4. The van der Waals surface area contributed by atoms with Crippen LogP contribution in [0.15, 0.2) is 22.7 Å². The zero-order chi connectivity index (χ0) is 15.6. The molecule has 1 rings (SSSR count). The number of rotatable bonds is 4. The smallest absolute Gasteiger partial charge is 0.351 e. The first-order chi connectivity index (χ1) is 9.07. The summed E-state index contributed by atoms with van der Waals surface area (Å²) < 4.78 is 38.1. The highest BCUT2D eigenvalue weighted by atomic mass is 79.9. The molecule has 0 aliphatic rings. The summed E-state index contributed by atoms with van der Waals surface area (Å²) in [4.78, 5) is 12.0. The van der Waals surface area contributed by atoms with Crippen molar-refractivity contribution < 1.29 is 18.0 Å². The summed E-state index contributed by atoms with van der Waals surface area (Å²) in [5.74, 6) is -0.523. The molecule has 0 atom stereocenters. The maximum atomic E-state index is 12.6. The lowest BCUT2D eigenvalue weighted by Crippen LogP contribution is -2.36. The SMILES string of the molecule is CSC(C)(C)CNC(=O)c1cc(C(F)(F)F)ccc1Br. The summed E-state index contributed by atoms with van der Waals surface area (Å²) in [6.45, 7) is 4.26. The van der Waals surface area contributed by atoms with Crippen molar-refractivity contribution in [3.05, 3.63) is 33.8 Å². The predicted octanol–water partition coefficient (Wildman–Crippen LogP) is 4.34. The lowest BCUT2D eigenvalue weighted by atomic mass is 10.1. The summed E-state index contributed by atoms with van der Waals surface area (Å²) in [5, 5.41) is 2.65. The molecular weight excluding hydrogens is 355 g/mol. The van der Waals surface area contributed by atoms with Crippen LogP contribution in [0.4, 0.5) is 13.2 Å². The number of hydrogen-bond acceptors (Lipinski definition) is 2. The minimum absolute atomic E-state index is 0.0169. The van der Waals surface area contributed by atoms with Gasteiger partial charge >= 0.3 is 6.18 Å². The Bertz CT molecular complexity index is 503. The molecule has 0 aliphatic heterocycles. The Morgan fingerprint density at radius 2 is 1.95 bits per heavy atom. The Labute approximate surface area is 128 Å². The van der Waals surface area contributed by atoms with Gasteiger partial charge in [0.05, 0.1) is 11.1 Å². The van der Waals surface area contributed by atoms with Crippen molar-refractivity contribution in [2.24, 2.45) is 0 Å². The molecule has 7 heteroatoms. The molecule has 0 saturated heterocycles. The van der Waals surface area contributed by atoms with Crippen molar-refractivity contribution in [2.75, 3.05) is 12.8 Å². The average Bonchev–Trinajstić information content (AvgIpc) is 2.35. The fourth-order valence-electron chi connectivity index (χ4n) is 1.34. The second-order valence-electron chi connectivity index (χ2n) is 4.84. The van der Waals surface area contributed by atoms with Crippen LogP contribution >= 0.6 is 27.7 Å². The number of carbonyl (C=O) groups excluding carboxylic acids is 1. The van der Waals surface area contributed by atoms with Crippen LogP contribution in [0.3, 0.4) is 0 Å². The van der Waals surface area contributed by atoms with E-state index in [2.05, 4.69) is 21.2 Å². The summed E-state index contributed by atoms with van der Waals surface area (Å²) in [6, 6.07) is 3.02. The van der Waals surface area contributed by atoms with Crippen molar-refractivity contribution >= 4 is 33.6 Å². The largest absolute Gasteiger partial charge is 0.416 e. The topological polar surface area (TPSA) is 29.1 Å². The molecule has 1 N–H and O–H groups in total. The quantitative estimate of drug-likeness (QED) is 0.855. The Hall–Kier alpha value is -0.690. The van der Waals surface area contributed by atoms with Crippen LogP contribution in [0, 0.1) is 0 Å². The lowest BCUT2D eigenvalue weighted by Gasteiger charge is -2.22. The fraction of sp³-hybridized carbons (Fsp3) is 0.462. The molecule has 20 heavy (non-hydrogen) atoms. The third kappa shape index (κ3) is 4.70. The molecule has 2 nitrogen and oxygen atoms in total. The molecular formula is C13H15BrF3NOS. The molecule has 0 heterocycles. The van der Waals surface area contributed by atoms with Crippen LogP contribution < -0.4 is 5.32 Å². The van der Waals surface area contributed by atoms with Crippen LogP contribution in [-0.2, 0) is 6.18 Å². The van der Waals surface area contributed by atoms with E-state index in [0.717, 1.165) is 12.1 Å². The Balaban J connectivity index is 2.93. The second kappa shape index (κ2) is 6.39. The molecule has 0 saturated carbocycles. The number of nitrogens with one attached hydrogen (secondary N) is 1. The zero-order valence-corrected chi connectivity index (χ0v) is 13.7. The van der Waals surface area contributed by atoms with Crippen LogP contribution in [0.2, 0.25) is 0 Å². The second-order valence-corrected chi connectivity index (χ2v) is 7.21. The Kier molecular flexibility index (Phi) is 5.54. The molecule has 0 unspecified atom stereocenters. The van der Waals surface area contributed by atoms with E-state index >= 15 is 0 Å². The van der Waals surface area contributed by atoms with Crippen molar-refractivity contribution in [2.45, 2.75) is 24.8 Å². The first-order valence-electron chi connectivity index (χ1n) is 5.77. The average molecular weight is 370 g/mol. The molecule has 1 aromatic rings. The number of thioether (sulfide) groups is 1. The van der Waals surface area contributed by atoms with E-state index in [1.807, 2.05) is 20.1 Å². The summed E-state index contributed by atoms with van der Waals surface area (Å²) in [5.41, 5.74) is -0.855. The molecule has 0 radical (unpaired) electrons. The van der Waals surface area contributed by atoms with Crippen LogP contribution in [0.1, 0.15) is 29.8 Å². The van der Waals surface area contributed by atoms with Crippen molar-refractivity contribution in [3.63, 3.8) is 0 Å². The molecule has 112 valence electrons. The van der Waals surface area contributed by atoms with Crippen LogP contribution in [-0.4, -0.2) is 23.5 Å². The van der Waals surface area contributed by atoms with Gasteiger partial charge < -0.3 is 5.32 Å². The van der Waals surface area contributed by atoms with E-state index in [4.69, 9.17) is 0 Å². The number of alkyl halides is 3. The minimum Gasteiger partial charge on any atom is -0.351 e. The van der Waals surface area contributed by atoms with E-state index in [1.54, 1.807) is 11.8 Å². The number of carbonyl (C=O) groups is 1. The third-order valence-electron chi connectivity index (χ3n) is 2.77. The predicted molar refractivity (Wildman–Crippen MR) is 79.1 cm³/mol. The zero-order valence-electron chi connectivity index (χ0n) is 11.3. The summed E-state index contributed by atoms with van der Waals surface area (Å²) in [7, 11) is 0. The summed E-state index contributed by atoms with van der Waals surface area (Å²) in [6.07, 6.45) is -2.55. The highest BCUT2D eigenvalue weighted by molar-refractivity contribution is 9.10. The van der Waals surface area contributed by atoms with E-state index in [0.29, 0.717) is 11.0 Å². The lowest BCUT2D eigenvalue weighted by molar-refractivity contribution is -0.137. The van der Waals surface area contributed by atoms with E-state index in [1.165, 1.54) is 6.07 Å². The van der Waals surface area contributed by atoms with Gasteiger partial charge in [-0.2, -0.15) is 24.9 Å². The van der Waals surface area contributed by atoms with Crippen LogP contribution in [0.25, 0.3) is 0 Å². The maximum Gasteiger partial charge on any atom is 0.416 e. The highest BCUT2D eigenvalue weighted by Crippen LogP contribution is 2.32. The third-order valence-corrected chi connectivity index (χ3v) is 4.71. The van der Waals surface area contributed by atoms with Gasteiger partial charge in [0.15, 0.2) is 0 Å². The monoisotopic (exact) mass is 369 g/mol. The standard InChI is InChI=1S/C13H15BrF3NOS/c1-12(2,20-3)7-18-11(19)9-6-8(13(15,16)17)4-5-10(9)14/h4-6H,7H2,1-3H3,(H,18,19). The molecule has 0 spiro atoms. The van der Waals surface area contributed by atoms with Crippen molar-refractivity contribution in [1.29, 1.82) is 0 Å². The normalized spacial score (nSPS) is 12.3. The van der Waals surface area contributed by atoms with Gasteiger partial charge in [-0.25, -0.2) is 0 Å². The number of hydrogen-bond donors (Lipinski definition) is 1. The minimum atomic E-state index is -4.46. The highest BCUT2D eigenvalue weighted by Gasteiger charge is 2.31. The summed E-state index contributed by atoms with van der Waals surface area (Å²) >= 11 is 4.67. The molecule has 1 aromatic carbocycles. The Morgan fingerprint density at radius 1 is 1.35 bits per heavy atom. The van der Waals surface area contributed by atoms with Crippen molar-refractivity contribution in [1.82, 2.24) is 5.32 Å². The van der Waals surface area contributed by atoms with Gasteiger partial charge in [-0.05, 0) is 54.2 Å². The van der Waals surface area contributed by atoms with Gasteiger partial charge in [-0.15, -0.1) is 0 Å². The molecule has 1 amide bonds. The maximum absolute atomic E-state index is 12.6. The van der Waals surface area contributed by atoms with Gasteiger partial charge in [0.2, 0.25) is 0 Å². The van der Waals surface area contributed by atoms with Gasteiger partial charge in [-0.3, -0.25) is 4.79 Å². The van der Waals surface area contributed by atoms with Crippen molar-refractivity contribution in [3.8, 4) is 0 Å². The molecule has 0 aromatic heterocycles. The Morgan fingerprint density at radius 3 is 2.45 bits per heavy atom. The van der Waals surface area contributed by atoms with E-state index in [-0.39, 0.29) is 10.3 Å². The van der Waals surface area contributed by atoms with Gasteiger partial charge in [-0.1, -0.05) is 0 Å². The molecule has 0 aliphatic carbocycles. The van der Waals surface area contributed by atoms with E-state index in [9.17, 15) is 18.0 Å². The molecule has 0 bridgehead atoms. The molecule has 0 fully saturated rings. The van der Waals surface area contributed by atoms with Gasteiger partial charge in [0.1, 0.15) is 0 Å².